The van der Waals surface area contributed by atoms with Gasteiger partial charge in [-0.2, -0.15) is 0 Å². The van der Waals surface area contributed by atoms with Crippen LogP contribution in [0.5, 0.6) is 0 Å². The molecule has 0 aliphatic carbocycles. The molecule has 0 bridgehead atoms. The summed E-state index contributed by atoms with van der Waals surface area (Å²) < 4.78 is 19.9. The third-order valence-corrected chi connectivity index (χ3v) is 6.05. The van der Waals surface area contributed by atoms with Gasteiger partial charge >= 0.3 is 0 Å². The molecule has 3 heterocycles. The molecule has 0 radical (unpaired) electrons. The van der Waals surface area contributed by atoms with Gasteiger partial charge in [0.25, 0.3) is 5.91 Å². The second kappa shape index (κ2) is 8.67. The van der Waals surface area contributed by atoms with E-state index in [9.17, 15) is 14.0 Å². The third kappa shape index (κ3) is 4.07. The summed E-state index contributed by atoms with van der Waals surface area (Å²) in [4.78, 5) is 30.8. The van der Waals surface area contributed by atoms with Gasteiger partial charge in [0.15, 0.2) is 0 Å². The number of nitrogens with zero attached hydrogens (tertiary/aromatic N) is 1. The van der Waals surface area contributed by atoms with Crippen LogP contribution < -0.4 is 5.32 Å². The lowest BCUT2D eigenvalue weighted by atomic mass is 9.93. The number of hydrogen-bond acceptors (Lipinski definition) is 3. The number of ether oxygens (including phenoxy) is 1. The standard InChI is InChI=1S/C26H24FN3O3/c1-16-13-17(14-24(31)30-9-11-33-12-10-30)23(28-16)15-20-25-19(18-5-2-3-7-21(18)27)6-4-8-22(25)29-26(20)32/h2-8,13,15,28H,9-12,14H2,1H3,(H,29,32). The smallest absolute Gasteiger partial charge is 0.256 e. The fourth-order valence-corrected chi connectivity index (χ4v) is 4.47. The average Bonchev–Trinajstić information content (AvgIpc) is 3.33. The highest BCUT2D eigenvalue weighted by atomic mass is 19.1. The highest BCUT2D eigenvalue weighted by Gasteiger charge is 2.29. The Morgan fingerprint density at radius 3 is 2.67 bits per heavy atom. The molecule has 0 saturated carbocycles. The van der Waals surface area contributed by atoms with Crippen LogP contribution in [0.15, 0.2) is 48.5 Å². The van der Waals surface area contributed by atoms with E-state index in [0.717, 1.165) is 11.3 Å². The van der Waals surface area contributed by atoms with Crippen molar-refractivity contribution in [2.45, 2.75) is 13.3 Å². The number of nitrogens with one attached hydrogen (secondary N) is 2. The van der Waals surface area contributed by atoms with Gasteiger partial charge < -0.3 is 19.9 Å². The van der Waals surface area contributed by atoms with Crippen LogP contribution in [0.4, 0.5) is 10.1 Å². The van der Waals surface area contributed by atoms with Crippen LogP contribution in [-0.4, -0.2) is 48.0 Å². The van der Waals surface area contributed by atoms with Crippen LogP contribution in [0.1, 0.15) is 22.5 Å². The van der Waals surface area contributed by atoms with E-state index in [-0.39, 0.29) is 24.1 Å². The summed E-state index contributed by atoms with van der Waals surface area (Å²) in [5.41, 5.74) is 5.23. The van der Waals surface area contributed by atoms with Crippen molar-refractivity contribution in [1.29, 1.82) is 0 Å². The Morgan fingerprint density at radius 2 is 1.88 bits per heavy atom. The number of morpholine rings is 1. The van der Waals surface area contributed by atoms with Crippen LogP contribution in [0.2, 0.25) is 0 Å². The molecule has 1 aromatic heterocycles. The molecule has 5 rings (SSSR count). The molecule has 2 amide bonds. The summed E-state index contributed by atoms with van der Waals surface area (Å²) in [6.45, 7) is 4.17. The van der Waals surface area contributed by atoms with Crippen LogP contribution >= 0.6 is 0 Å². The lowest BCUT2D eigenvalue weighted by Gasteiger charge is -2.26. The molecule has 1 saturated heterocycles. The molecule has 1 fully saturated rings. The molecule has 6 nitrogen and oxygen atoms in total. The maximum atomic E-state index is 14.6. The van der Waals surface area contributed by atoms with E-state index in [1.807, 2.05) is 19.1 Å². The maximum Gasteiger partial charge on any atom is 0.256 e. The minimum Gasteiger partial charge on any atom is -0.378 e. The molecule has 0 spiro atoms. The number of aromatic nitrogens is 1. The number of halogens is 1. The summed E-state index contributed by atoms with van der Waals surface area (Å²) in [6, 6.07) is 13.9. The highest BCUT2D eigenvalue weighted by molar-refractivity contribution is 6.36. The molecule has 2 N–H and O–H groups in total. The average molecular weight is 445 g/mol. The number of aryl methyl sites for hydroxylation is 1. The predicted octanol–water partition coefficient (Wildman–Crippen LogP) is 4.02. The van der Waals surface area contributed by atoms with Gasteiger partial charge in [0.05, 0.1) is 25.2 Å². The van der Waals surface area contributed by atoms with Crippen molar-refractivity contribution in [2.75, 3.05) is 31.6 Å². The van der Waals surface area contributed by atoms with Gasteiger partial charge in [-0.1, -0.05) is 30.3 Å². The van der Waals surface area contributed by atoms with Gasteiger partial charge in [0.2, 0.25) is 5.91 Å². The number of hydrogen-bond donors (Lipinski definition) is 2. The number of carbonyl (C=O) groups excluding carboxylic acids is 2. The van der Waals surface area contributed by atoms with E-state index in [2.05, 4.69) is 10.3 Å². The normalized spacial score (nSPS) is 16.7. The molecular formula is C26H24FN3O3. The third-order valence-electron chi connectivity index (χ3n) is 6.05. The molecule has 0 atom stereocenters. The van der Waals surface area contributed by atoms with Crippen LogP contribution in [0.25, 0.3) is 22.8 Å². The lowest BCUT2D eigenvalue weighted by Crippen LogP contribution is -2.41. The van der Waals surface area contributed by atoms with Crippen molar-refractivity contribution in [3.8, 4) is 11.1 Å². The number of carbonyl (C=O) groups is 2. The van der Waals surface area contributed by atoms with Gasteiger partial charge in [0, 0.05) is 41.3 Å². The van der Waals surface area contributed by atoms with Crippen molar-refractivity contribution >= 4 is 29.2 Å². The molecule has 0 unspecified atom stereocenters. The quantitative estimate of drug-likeness (QED) is 0.596. The van der Waals surface area contributed by atoms with Crippen molar-refractivity contribution in [3.05, 3.63) is 76.9 Å². The number of amides is 2. The summed E-state index contributed by atoms with van der Waals surface area (Å²) in [5.74, 6) is -0.580. The molecule has 33 heavy (non-hydrogen) atoms. The number of rotatable bonds is 4. The van der Waals surface area contributed by atoms with Crippen molar-refractivity contribution in [2.24, 2.45) is 0 Å². The van der Waals surface area contributed by atoms with Gasteiger partial charge in [-0.05, 0) is 42.3 Å². The first-order chi connectivity index (χ1) is 16.0. The summed E-state index contributed by atoms with van der Waals surface area (Å²) in [5, 5.41) is 2.88. The molecule has 3 aromatic rings. The van der Waals surface area contributed by atoms with E-state index in [4.69, 9.17) is 4.74 Å². The van der Waals surface area contributed by atoms with Gasteiger partial charge in [0.1, 0.15) is 5.82 Å². The number of H-pyrrole nitrogens is 1. The molecule has 2 aromatic carbocycles. The van der Waals surface area contributed by atoms with Crippen LogP contribution in [-0.2, 0) is 20.7 Å². The second-order valence-corrected chi connectivity index (χ2v) is 8.28. The fraction of sp³-hybridized carbons (Fsp3) is 0.231. The van der Waals surface area contributed by atoms with Crippen LogP contribution in [0.3, 0.4) is 0 Å². The summed E-state index contributed by atoms with van der Waals surface area (Å²) in [6.07, 6.45) is 1.99. The Hall–Kier alpha value is -3.71. The summed E-state index contributed by atoms with van der Waals surface area (Å²) >= 11 is 0. The Balaban J connectivity index is 1.54. The van der Waals surface area contributed by atoms with E-state index in [1.165, 1.54) is 6.07 Å². The zero-order valence-electron chi connectivity index (χ0n) is 18.3. The number of aromatic amines is 1. The van der Waals surface area contributed by atoms with Crippen molar-refractivity contribution < 1.29 is 18.7 Å². The molecular weight excluding hydrogens is 421 g/mol. The Bertz CT molecular complexity index is 1270. The first-order valence-corrected chi connectivity index (χ1v) is 11.0. The molecule has 2 aliphatic heterocycles. The monoisotopic (exact) mass is 445 g/mol. The van der Waals surface area contributed by atoms with Crippen molar-refractivity contribution in [3.63, 3.8) is 0 Å². The number of fused-ring (bicyclic) bond motifs is 1. The Labute approximate surface area is 191 Å². The highest BCUT2D eigenvalue weighted by Crippen LogP contribution is 2.41. The predicted molar refractivity (Wildman–Crippen MR) is 125 cm³/mol. The molecule has 2 aliphatic rings. The molecule has 168 valence electrons. The van der Waals surface area contributed by atoms with Gasteiger partial charge in [-0.25, -0.2) is 4.39 Å². The zero-order chi connectivity index (χ0) is 22.9. The van der Waals surface area contributed by atoms with Crippen LogP contribution in [0, 0.1) is 12.7 Å². The van der Waals surface area contributed by atoms with Gasteiger partial charge in [-0.3, -0.25) is 9.59 Å². The topological polar surface area (TPSA) is 74.4 Å². The summed E-state index contributed by atoms with van der Waals surface area (Å²) in [7, 11) is 0. The largest absolute Gasteiger partial charge is 0.378 e. The SMILES string of the molecule is Cc1cc(CC(=O)N2CCOCC2)c(C=C2C(=O)Nc3cccc(-c4ccccc4F)c32)[nH]1. The minimum absolute atomic E-state index is 0.0280. The minimum atomic E-state index is -0.350. The molecule has 7 heteroatoms. The Kier molecular flexibility index (Phi) is 5.56. The lowest BCUT2D eigenvalue weighted by molar-refractivity contribution is -0.134. The zero-order valence-corrected chi connectivity index (χ0v) is 18.3. The first kappa shape index (κ1) is 21.2. The van der Waals surface area contributed by atoms with Crippen molar-refractivity contribution in [1.82, 2.24) is 9.88 Å². The number of benzene rings is 2. The second-order valence-electron chi connectivity index (χ2n) is 8.28. The van der Waals surface area contributed by atoms with E-state index in [1.54, 1.807) is 41.3 Å². The Morgan fingerprint density at radius 1 is 1.12 bits per heavy atom. The van der Waals surface area contributed by atoms with E-state index >= 15 is 0 Å². The number of anilines is 1. The van der Waals surface area contributed by atoms with Gasteiger partial charge in [-0.15, -0.1) is 0 Å². The first-order valence-electron chi connectivity index (χ1n) is 11.0. The van der Waals surface area contributed by atoms with E-state index in [0.29, 0.717) is 59.9 Å². The van der Waals surface area contributed by atoms with E-state index < -0.39 is 0 Å². The fourth-order valence-electron chi connectivity index (χ4n) is 4.47. The maximum absolute atomic E-state index is 14.6.